The Morgan fingerprint density at radius 2 is 1.61 bits per heavy atom. The van der Waals surface area contributed by atoms with Crippen molar-refractivity contribution in [2.75, 3.05) is 82.9 Å². The largest absolute Gasteiger partial charge is 0.496 e. The summed E-state index contributed by atoms with van der Waals surface area (Å²) in [6.07, 6.45) is 7.75. The molecular weight excluding hydrogens is 749 g/mol. The van der Waals surface area contributed by atoms with Gasteiger partial charge in [0.2, 0.25) is 11.8 Å². The Morgan fingerprint density at radius 1 is 0.864 bits per heavy atom. The molecule has 10 rings (SSSR count). The van der Waals surface area contributed by atoms with Crippen LogP contribution in [0.2, 0.25) is 0 Å². The minimum atomic E-state index is -0.592. The monoisotopic (exact) mass is 800 g/mol. The molecule has 0 aliphatic carbocycles. The van der Waals surface area contributed by atoms with Gasteiger partial charge in [0.15, 0.2) is 0 Å². The summed E-state index contributed by atoms with van der Waals surface area (Å²) < 4.78 is 13.6. The van der Waals surface area contributed by atoms with E-state index in [2.05, 4.69) is 48.1 Å². The van der Waals surface area contributed by atoms with Crippen LogP contribution in [0.3, 0.4) is 0 Å². The zero-order valence-electron chi connectivity index (χ0n) is 34.2. The number of hydrogen-bond acceptors (Lipinski definition) is 11. The van der Waals surface area contributed by atoms with Gasteiger partial charge in [-0.2, -0.15) is 0 Å². The van der Waals surface area contributed by atoms with Crippen molar-refractivity contribution in [1.82, 2.24) is 29.6 Å². The first-order valence-electron chi connectivity index (χ1n) is 21.1. The van der Waals surface area contributed by atoms with Crippen molar-refractivity contribution < 1.29 is 23.9 Å². The molecule has 2 aromatic heterocycles. The van der Waals surface area contributed by atoms with Gasteiger partial charge in [0.05, 0.1) is 25.2 Å². The van der Waals surface area contributed by atoms with E-state index in [0.717, 1.165) is 123 Å². The minimum Gasteiger partial charge on any atom is -0.496 e. The average molecular weight is 801 g/mol. The molecule has 0 bridgehead atoms. The van der Waals surface area contributed by atoms with Gasteiger partial charge >= 0.3 is 0 Å². The smallest absolute Gasteiger partial charge is 0.259 e. The number of benzene rings is 2. The molecule has 59 heavy (non-hydrogen) atoms. The van der Waals surface area contributed by atoms with Crippen molar-refractivity contribution in [2.45, 2.75) is 51.2 Å². The average Bonchev–Trinajstić information content (AvgIpc) is 3.51. The Bertz CT molecular complexity index is 2400. The molecule has 2 aromatic carbocycles. The molecule has 14 heteroatoms. The van der Waals surface area contributed by atoms with Crippen LogP contribution in [-0.4, -0.2) is 121 Å². The normalized spacial score (nSPS) is 22.0. The number of rotatable bonds is 10. The number of aryl methyl sites for hydroxylation is 1. The van der Waals surface area contributed by atoms with Crippen LogP contribution in [0.25, 0.3) is 21.9 Å². The molecule has 14 nitrogen and oxygen atoms in total. The van der Waals surface area contributed by atoms with E-state index in [1.54, 1.807) is 36.9 Å². The van der Waals surface area contributed by atoms with E-state index in [9.17, 15) is 19.2 Å². The lowest BCUT2D eigenvalue weighted by Gasteiger charge is -2.55. The number of carbonyl (C=O) groups excluding carboxylic acids is 3. The van der Waals surface area contributed by atoms with Crippen LogP contribution in [-0.2, 0) is 29.7 Å². The van der Waals surface area contributed by atoms with Crippen molar-refractivity contribution >= 4 is 40.0 Å². The Kier molecular flexibility index (Phi) is 9.39. The maximum atomic E-state index is 13.4. The van der Waals surface area contributed by atoms with Gasteiger partial charge in [-0.3, -0.25) is 29.4 Å². The molecule has 3 amide bonds. The summed E-state index contributed by atoms with van der Waals surface area (Å²) >= 11 is 0. The number of piperidine rings is 2. The highest BCUT2D eigenvalue weighted by molar-refractivity contribution is 6.05. The molecule has 1 unspecified atom stereocenters. The Morgan fingerprint density at radius 3 is 2.29 bits per heavy atom. The highest BCUT2D eigenvalue weighted by Gasteiger charge is 2.46. The number of imide groups is 1. The van der Waals surface area contributed by atoms with Crippen molar-refractivity contribution in [1.29, 1.82) is 0 Å². The third-order valence-corrected chi connectivity index (χ3v) is 13.9. The van der Waals surface area contributed by atoms with Gasteiger partial charge in [0.25, 0.3) is 11.5 Å². The van der Waals surface area contributed by atoms with Crippen molar-refractivity contribution in [3.8, 4) is 22.6 Å². The fourth-order valence-electron chi connectivity index (χ4n) is 10.3. The van der Waals surface area contributed by atoms with Crippen LogP contribution in [0, 0.1) is 11.3 Å². The first-order valence-corrected chi connectivity index (χ1v) is 21.1. The van der Waals surface area contributed by atoms with E-state index >= 15 is 0 Å². The van der Waals surface area contributed by atoms with Gasteiger partial charge < -0.3 is 33.6 Å². The third-order valence-electron chi connectivity index (χ3n) is 13.9. The number of anilines is 2. The first-order chi connectivity index (χ1) is 28.6. The second kappa shape index (κ2) is 14.7. The van der Waals surface area contributed by atoms with Crippen LogP contribution in [0.15, 0.2) is 53.6 Å². The first kappa shape index (κ1) is 37.8. The number of likely N-dealkylation sites (tertiary alicyclic amines) is 2. The van der Waals surface area contributed by atoms with Crippen LogP contribution in [0.4, 0.5) is 11.5 Å². The molecule has 0 saturated carbocycles. The second-order valence-electron chi connectivity index (χ2n) is 17.7. The predicted octanol–water partition coefficient (Wildman–Crippen LogP) is 3.62. The quantitative estimate of drug-likeness (QED) is 0.236. The zero-order valence-corrected chi connectivity index (χ0v) is 34.2. The van der Waals surface area contributed by atoms with Crippen molar-refractivity contribution in [3.63, 3.8) is 0 Å². The summed E-state index contributed by atoms with van der Waals surface area (Å²) in [6.45, 7) is 10.5. The van der Waals surface area contributed by atoms with E-state index in [-0.39, 0.29) is 29.7 Å². The highest BCUT2D eigenvalue weighted by Crippen LogP contribution is 2.44. The number of nitrogens with zero attached hydrogens (tertiary/aromatic N) is 7. The topological polar surface area (TPSA) is 133 Å². The summed E-state index contributed by atoms with van der Waals surface area (Å²) in [6, 6.07) is 11.7. The number of ether oxygens (including phenoxy) is 2. The van der Waals surface area contributed by atoms with Gasteiger partial charge in [-0.15, -0.1) is 0 Å². The fraction of sp³-hybridized carbons (Fsp3) is 0.489. The lowest BCUT2D eigenvalue weighted by molar-refractivity contribution is -0.136. The number of nitrogens with one attached hydrogen (secondary N) is 1. The molecule has 6 aliphatic heterocycles. The van der Waals surface area contributed by atoms with Crippen LogP contribution < -0.4 is 30.1 Å². The van der Waals surface area contributed by atoms with E-state index < -0.39 is 6.04 Å². The standard InChI is InChI=1S/C45H52N8O6/c1-48-24-35(33-18-40(51-11-4-12-51)46-19-34(33)43(48)56)30-15-38(58-2)36(39(16-30)59-3)25-50-21-28(22-50)20-49-13-9-45(10-14-49)26-52(27-45)31-6-5-29-23-53(44(57)32(29)17-31)37-7-8-41(54)47-42(37)55/h5-6,15-19,24,28,37H,4,7-14,20-23,25-27H2,1-3H3,(H,47,54,55). The number of pyridine rings is 2. The summed E-state index contributed by atoms with van der Waals surface area (Å²) in [4.78, 5) is 66.6. The van der Waals surface area contributed by atoms with Gasteiger partial charge in [-0.05, 0) is 86.1 Å². The number of methoxy groups -OCH3 is 2. The fourth-order valence-corrected chi connectivity index (χ4v) is 10.3. The predicted molar refractivity (Wildman–Crippen MR) is 224 cm³/mol. The van der Waals surface area contributed by atoms with E-state index in [0.29, 0.717) is 35.2 Å². The van der Waals surface area contributed by atoms with E-state index in [1.807, 2.05) is 24.4 Å². The second-order valence-corrected chi connectivity index (χ2v) is 17.7. The maximum Gasteiger partial charge on any atom is 0.259 e. The van der Waals surface area contributed by atoms with Crippen LogP contribution in [0.1, 0.15) is 53.6 Å². The Hall–Kier alpha value is -5.47. The Balaban J connectivity index is 0.734. The zero-order chi connectivity index (χ0) is 40.6. The lowest BCUT2D eigenvalue weighted by Crippen LogP contribution is -2.61. The van der Waals surface area contributed by atoms with Gasteiger partial charge in [-0.1, -0.05) is 6.07 Å². The maximum absolute atomic E-state index is 13.4. The van der Waals surface area contributed by atoms with Crippen LogP contribution >= 0.6 is 0 Å². The summed E-state index contributed by atoms with van der Waals surface area (Å²) in [7, 11) is 5.20. The Labute approximate surface area is 343 Å². The molecule has 1 spiro atoms. The number of fused-ring (bicyclic) bond motifs is 2. The van der Waals surface area contributed by atoms with Crippen LogP contribution in [0.5, 0.6) is 11.5 Å². The van der Waals surface area contributed by atoms with E-state index in [1.165, 1.54) is 12.8 Å². The number of hydrogen-bond donors (Lipinski definition) is 1. The van der Waals surface area contributed by atoms with Gasteiger partial charge in [-0.25, -0.2) is 4.98 Å². The molecule has 0 radical (unpaired) electrons. The summed E-state index contributed by atoms with van der Waals surface area (Å²) in [5, 5.41) is 3.86. The van der Waals surface area contributed by atoms with E-state index in [4.69, 9.17) is 9.47 Å². The van der Waals surface area contributed by atoms with Crippen molar-refractivity contribution in [3.05, 3.63) is 75.8 Å². The van der Waals surface area contributed by atoms with Gasteiger partial charge in [0.1, 0.15) is 23.4 Å². The third kappa shape index (κ3) is 6.70. The molecule has 5 saturated heterocycles. The molecule has 1 N–H and O–H groups in total. The summed E-state index contributed by atoms with van der Waals surface area (Å²) in [5.74, 6) is 2.30. The molecule has 4 aromatic rings. The van der Waals surface area contributed by atoms with Crippen molar-refractivity contribution in [2.24, 2.45) is 18.4 Å². The number of amides is 3. The summed E-state index contributed by atoms with van der Waals surface area (Å²) in [5.41, 5.74) is 5.85. The number of aromatic nitrogens is 2. The highest BCUT2D eigenvalue weighted by atomic mass is 16.5. The molecular formula is C45H52N8O6. The molecule has 8 heterocycles. The number of carbonyl (C=O) groups is 3. The van der Waals surface area contributed by atoms with Gasteiger partial charge in [0, 0.05) is 112 Å². The molecule has 1 atom stereocenters. The molecule has 6 aliphatic rings. The molecule has 308 valence electrons. The minimum absolute atomic E-state index is 0.0673. The SMILES string of the molecule is COc1cc(-c2cn(C)c(=O)c3cnc(N4CCC4)cc23)cc(OC)c1CN1CC(CN2CCC3(CC2)CN(c2ccc4c(c2)C(=O)N(C2CCC(=O)NC2=O)C4)C3)C1. The lowest BCUT2D eigenvalue weighted by atomic mass is 9.71. The molecule has 5 fully saturated rings.